The maximum atomic E-state index is 5.74. The predicted octanol–water partition coefficient (Wildman–Crippen LogP) is 4.32. The predicted molar refractivity (Wildman–Crippen MR) is 78.2 cm³/mol. The molecule has 0 bridgehead atoms. The van der Waals surface area contributed by atoms with Gasteiger partial charge in [0.05, 0.1) is 6.61 Å². The van der Waals surface area contributed by atoms with Crippen LogP contribution in [0.2, 0.25) is 0 Å². The molecule has 0 radical (unpaired) electrons. The Hall–Kier alpha value is -1.02. The maximum absolute atomic E-state index is 5.74. The van der Waals surface area contributed by atoms with E-state index >= 15 is 0 Å². The lowest BCUT2D eigenvalue weighted by Gasteiger charge is -2.15. The Morgan fingerprint density at radius 3 is 2.67 bits per heavy atom. The highest BCUT2D eigenvalue weighted by Crippen LogP contribution is 2.19. The molecule has 0 saturated heterocycles. The number of nitrogens with one attached hydrogen (secondary N) is 1. The summed E-state index contributed by atoms with van der Waals surface area (Å²) in [6.07, 6.45) is 4.76. The maximum Gasteiger partial charge on any atom is 0.119 e. The minimum atomic E-state index is 0.395. The largest absolute Gasteiger partial charge is 0.494 e. The van der Waals surface area contributed by atoms with Gasteiger partial charge in [-0.15, -0.1) is 0 Å². The Kier molecular flexibility index (Phi) is 7.51. The molecular formula is C16H27NO. The van der Waals surface area contributed by atoms with Gasteiger partial charge in [0.15, 0.2) is 0 Å². The van der Waals surface area contributed by atoms with E-state index in [9.17, 15) is 0 Å². The number of benzene rings is 1. The SMILES string of the molecule is CCCCN[C@H](C)c1cccc(OCCCC)c1. The van der Waals surface area contributed by atoms with Crippen molar-refractivity contribution in [3.05, 3.63) is 29.8 Å². The lowest BCUT2D eigenvalue weighted by Crippen LogP contribution is -2.19. The molecule has 0 fully saturated rings. The molecule has 2 heteroatoms. The van der Waals surface area contributed by atoms with Gasteiger partial charge in [-0.3, -0.25) is 0 Å². The van der Waals surface area contributed by atoms with Crippen LogP contribution in [0.5, 0.6) is 5.75 Å². The van der Waals surface area contributed by atoms with E-state index < -0.39 is 0 Å². The van der Waals surface area contributed by atoms with E-state index in [1.54, 1.807) is 0 Å². The summed E-state index contributed by atoms with van der Waals surface area (Å²) < 4.78 is 5.74. The molecule has 0 aliphatic carbocycles. The van der Waals surface area contributed by atoms with Crippen LogP contribution < -0.4 is 10.1 Å². The Morgan fingerprint density at radius 2 is 1.94 bits per heavy atom. The average molecular weight is 249 g/mol. The molecule has 1 rings (SSSR count). The second-order valence-corrected chi connectivity index (χ2v) is 4.80. The van der Waals surface area contributed by atoms with Gasteiger partial charge in [-0.2, -0.15) is 0 Å². The molecule has 0 saturated carbocycles. The lowest BCUT2D eigenvalue weighted by molar-refractivity contribution is 0.309. The van der Waals surface area contributed by atoms with Gasteiger partial charge >= 0.3 is 0 Å². The van der Waals surface area contributed by atoms with Crippen LogP contribution in [-0.4, -0.2) is 13.2 Å². The first-order valence-electron chi connectivity index (χ1n) is 7.24. The van der Waals surface area contributed by atoms with Gasteiger partial charge in [0, 0.05) is 6.04 Å². The molecule has 0 amide bonds. The Morgan fingerprint density at radius 1 is 1.17 bits per heavy atom. The monoisotopic (exact) mass is 249 g/mol. The summed E-state index contributed by atoms with van der Waals surface area (Å²) >= 11 is 0. The second-order valence-electron chi connectivity index (χ2n) is 4.80. The van der Waals surface area contributed by atoms with E-state index in [4.69, 9.17) is 4.74 Å². The zero-order valence-corrected chi connectivity index (χ0v) is 12.0. The zero-order valence-electron chi connectivity index (χ0n) is 12.0. The van der Waals surface area contributed by atoms with Crippen molar-refractivity contribution in [2.45, 2.75) is 52.5 Å². The van der Waals surface area contributed by atoms with Crippen molar-refractivity contribution < 1.29 is 4.74 Å². The van der Waals surface area contributed by atoms with E-state index in [2.05, 4.69) is 44.3 Å². The van der Waals surface area contributed by atoms with Crippen LogP contribution in [0, 0.1) is 0 Å². The molecular weight excluding hydrogens is 222 g/mol. The van der Waals surface area contributed by atoms with Gasteiger partial charge < -0.3 is 10.1 Å². The number of rotatable bonds is 9. The molecule has 0 spiro atoms. The van der Waals surface area contributed by atoms with E-state index in [1.807, 2.05) is 6.07 Å². The van der Waals surface area contributed by atoms with E-state index in [-0.39, 0.29) is 0 Å². The number of unbranched alkanes of at least 4 members (excludes halogenated alkanes) is 2. The highest BCUT2D eigenvalue weighted by molar-refractivity contribution is 5.30. The molecule has 0 aromatic heterocycles. The first-order valence-corrected chi connectivity index (χ1v) is 7.24. The first-order chi connectivity index (χ1) is 8.77. The third-order valence-electron chi connectivity index (χ3n) is 3.11. The van der Waals surface area contributed by atoms with Crippen LogP contribution in [0.3, 0.4) is 0 Å². The zero-order chi connectivity index (χ0) is 13.2. The van der Waals surface area contributed by atoms with Crippen LogP contribution in [0.4, 0.5) is 0 Å². The van der Waals surface area contributed by atoms with Crippen LogP contribution in [0.25, 0.3) is 0 Å². The molecule has 0 unspecified atom stereocenters. The number of hydrogen-bond donors (Lipinski definition) is 1. The summed E-state index contributed by atoms with van der Waals surface area (Å²) in [6, 6.07) is 8.83. The summed E-state index contributed by atoms with van der Waals surface area (Å²) in [6.45, 7) is 8.51. The van der Waals surface area contributed by atoms with Crippen molar-refractivity contribution in [2.75, 3.05) is 13.2 Å². The van der Waals surface area contributed by atoms with Gasteiger partial charge in [0.1, 0.15) is 5.75 Å². The first kappa shape index (κ1) is 15.0. The molecule has 0 aliphatic rings. The molecule has 2 nitrogen and oxygen atoms in total. The van der Waals surface area contributed by atoms with Gasteiger partial charge in [-0.05, 0) is 44.0 Å². The molecule has 18 heavy (non-hydrogen) atoms. The fraction of sp³-hybridized carbons (Fsp3) is 0.625. The topological polar surface area (TPSA) is 21.3 Å². The molecule has 1 N–H and O–H groups in total. The number of hydrogen-bond acceptors (Lipinski definition) is 2. The average Bonchev–Trinajstić information content (AvgIpc) is 2.39. The lowest BCUT2D eigenvalue weighted by atomic mass is 10.1. The highest BCUT2D eigenvalue weighted by Gasteiger charge is 2.05. The van der Waals surface area contributed by atoms with Crippen LogP contribution in [-0.2, 0) is 0 Å². The van der Waals surface area contributed by atoms with Crippen molar-refractivity contribution in [3.63, 3.8) is 0 Å². The van der Waals surface area contributed by atoms with E-state index in [0.717, 1.165) is 25.3 Å². The van der Waals surface area contributed by atoms with Crippen molar-refractivity contribution in [3.8, 4) is 5.75 Å². The van der Waals surface area contributed by atoms with Gasteiger partial charge in [0.25, 0.3) is 0 Å². The Labute approximate surface area is 112 Å². The van der Waals surface area contributed by atoms with Crippen molar-refractivity contribution >= 4 is 0 Å². The Balaban J connectivity index is 2.47. The van der Waals surface area contributed by atoms with Gasteiger partial charge in [0.2, 0.25) is 0 Å². The third kappa shape index (κ3) is 5.54. The molecule has 0 aliphatic heterocycles. The van der Waals surface area contributed by atoms with Crippen LogP contribution in [0.1, 0.15) is 58.1 Å². The standard InChI is InChI=1S/C16H27NO/c1-4-6-11-17-14(3)15-9-8-10-16(13-15)18-12-7-5-2/h8-10,13-14,17H,4-7,11-12H2,1-3H3/t14-/m1/s1. The van der Waals surface area contributed by atoms with Crippen molar-refractivity contribution in [1.82, 2.24) is 5.32 Å². The van der Waals surface area contributed by atoms with E-state index in [1.165, 1.54) is 24.8 Å². The summed E-state index contributed by atoms with van der Waals surface area (Å²) in [4.78, 5) is 0. The summed E-state index contributed by atoms with van der Waals surface area (Å²) in [7, 11) is 0. The molecule has 102 valence electrons. The quantitative estimate of drug-likeness (QED) is 0.658. The minimum Gasteiger partial charge on any atom is -0.494 e. The van der Waals surface area contributed by atoms with Gasteiger partial charge in [-0.1, -0.05) is 38.8 Å². The molecule has 0 heterocycles. The fourth-order valence-electron chi connectivity index (χ4n) is 1.82. The number of ether oxygens (including phenoxy) is 1. The normalized spacial score (nSPS) is 12.4. The van der Waals surface area contributed by atoms with Gasteiger partial charge in [-0.25, -0.2) is 0 Å². The van der Waals surface area contributed by atoms with E-state index in [0.29, 0.717) is 6.04 Å². The highest BCUT2D eigenvalue weighted by atomic mass is 16.5. The summed E-state index contributed by atoms with van der Waals surface area (Å²) in [5.41, 5.74) is 1.31. The molecule has 1 aromatic carbocycles. The van der Waals surface area contributed by atoms with Crippen molar-refractivity contribution in [1.29, 1.82) is 0 Å². The smallest absolute Gasteiger partial charge is 0.119 e. The summed E-state index contributed by atoms with van der Waals surface area (Å²) in [5.74, 6) is 0.991. The molecule has 1 atom stereocenters. The minimum absolute atomic E-state index is 0.395. The fourth-order valence-corrected chi connectivity index (χ4v) is 1.82. The Bertz CT molecular complexity index is 325. The molecule has 1 aromatic rings. The van der Waals surface area contributed by atoms with Crippen LogP contribution >= 0.6 is 0 Å². The van der Waals surface area contributed by atoms with Crippen LogP contribution in [0.15, 0.2) is 24.3 Å². The second kappa shape index (κ2) is 8.98. The third-order valence-corrected chi connectivity index (χ3v) is 3.11. The van der Waals surface area contributed by atoms with Crippen molar-refractivity contribution in [2.24, 2.45) is 0 Å². The summed E-state index contributed by atoms with van der Waals surface area (Å²) in [5, 5.41) is 3.54.